The van der Waals surface area contributed by atoms with Gasteiger partial charge in [0.25, 0.3) is 0 Å². The minimum atomic E-state index is 0.881. The Kier molecular flexibility index (Phi) is 2.11. The number of halogens is 2. The van der Waals surface area contributed by atoms with Gasteiger partial charge in [-0.05, 0) is 44.0 Å². The first-order valence-corrected chi connectivity index (χ1v) is 4.92. The van der Waals surface area contributed by atoms with Crippen LogP contribution in [0.25, 0.3) is 11.0 Å². The number of aromatic nitrogens is 2. The second-order valence-electron chi connectivity index (χ2n) is 2.28. The highest BCUT2D eigenvalue weighted by Crippen LogP contribution is 2.26. The van der Waals surface area contributed by atoms with Gasteiger partial charge in [-0.3, -0.25) is 9.97 Å². The van der Waals surface area contributed by atoms with E-state index in [0.717, 1.165) is 20.0 Å². The Morgan fingerprint density at radius 1 is 0.833 bits per heavy atom. The Labute approximate surface area is 86.3 Å². The summed E-state index contributed by atoms with van der Waals surface area (Å²) in [5, 5.41) is 0. The highest BCUT2D eigenvalue weighted by molar-refractivity contribution is 9.11. The maximum Gasteiger partial charge on any atom is 0.104 e. The second-order valence-corrected chi connectivity index (χ2v) is 3.99. The minimum absolute atomic E-state index is 0.881. The van der Waals surface area contributed by atoms with Gasteiger partial charge in [0.15, 0.2) is 0 Å². The van der Waals surface area contributed by atoms with E-state index in [1.165, 1.54) is 0 Å². The summed E-state index contributed by atoms with van der Waals surface area (Å²) in [4.78, 5) is 8.40. The number of benzene rings is 1. The van der Waals surface area contributed by atoms with Gasteiger partial charge in [0, 0.05) is 21.3 Å². The summed E-state index contributed by atoms with van der Waals surface area (Å²) in [6, 6.07) is 3.89. The van der Waals surface area contributed by atoms with E-state index >= 15 is 0 Å². The Bertz CT molecular complexity index is 388. The first kappa shape index (κ1) is 8.13. The zero-order valence-electron chi connectivity index (χ0n) is 5.96. The van der Waals surface area contributed by atoms with E-state index in [-0.39, 0.29) is 0 Å². The molecule has 0 radical (unpaired) electrons. The molecule has 0 atom stereocenters. The van der Waals surface area contributed by atoms with Crippen molar-refractivity contribution >= 4 is 42.9 Å². The molecule has 0 aliphatic carbocycles. The number of hydrogen-bond acceptors (Lipinski definition) is 2. The molecule has 0 N–H and O–H groups in total. The third kappa shape index (κ3) is 1.25. The van der Waals surface area contributed by atoms with E-state index in [1.54, 1.807) is 12.4 Å². The van der Waals surface area contributed by atoms with Crippen molar-refractivity contribution in [2.45, 2.75) is 0 Å². The predicted octanol–water partition coefficient (Wildman–Crippen LogP) is 3.15. The van der Waals surface area contributed by atoms with Crippen LogP contribution in [0.15, 0.2) is 33.5 Å². The molecular weight excluding hydrogens is 284 g/mol. The van der Waals surface area contributed by atoms with Gasteiger partial charge in [0.2, 0.25) is 0 Å². The minimum Gasteiger partial charge on any atom is -0.252 e. The second kappa shape index (κ2) is 3.11. The Balaban J connectivity index is 2.95. The van der Waals surface area contributed by atoms with Crippen LogP contribution in [0, 0.1) is 0 Å². The lowest BCUT2D eigenvalue weighted by Crippen LogP contribution is -1.83. The Morgan fingerprint density at radius 2 is 1.25 bits per heavy atom. The summed E-state index contributed by atoms with van der Waals surface area (Å²) in [7, 11) is 0. The topological polar surface area (TPSA) is 25.8 Å². The highest BCUT2D eigenvalue weighted by Gasteiger charge is 2.02. The van der Waals surface area contributed by atoms with Crippen LogP contribution in [0.5, 0.6) is 0 Å². The number of fused-ring (bicyclic) bond motifs is 1. The maximum atomic E-state index is 4.20. The smallest absolute Gasteiger partial charge is 0.104 e. The van der Waals surface area contributed by atoms with Crippen LogP contribution in [-0.2, 0) is 0 Å². The van der Waals surface area contributed by atoms with Gasteiger partial charge in [-0.2, -0.15) is 0 Å². The van der Waals surface area contributed by atoms with Gasteiger partial charge < -0.3 is 0 Å². The molecule has 0 aliphatic rings. The molecule has 2 rings (SSSR count). The predicted molar refractivity (Wildman–Crippen MR) is 54.9 cm³/mol. The fourth-order valence-electron chi connectivity index (χ4n) is 0.992. The quantitative estimate of drug-likeness (QED) is 0.744. The standard InChI is InChI=1S/C8H4Br2N2/c9-5-1-2-6(10)8-7(5)11-3-4-12-8/h1-4H. The van der Waals surface area contributed by atoms with Crippen molar-refractivity contribution < 1.29 is 0 Å². The molecular formula is C8H4Br2N2. The van der Waals surface area contributed by atoms with Crippen LogP contribution >= 0.6 is 31.9 Å². The molecule has 1 heterocycles. The molecule has 2 nitrogen and oxygen atoms in total. The van der Waals surface area contributed by atoms with E-state index in [0.29, 0.717) is 0 Å². The number of nitrogens with zero attached hydrogens (tertiary/aromatic N) is 2. The summed E-state index contributed by atoms with van der Waals surface area (Å²) in [6.45, 7) is 0. The molecule has 1 aromatic heterocycles. The van der Waals surface area contributed by atoms with Crippen LogP contribution in [0.3, 0.4) is 0 Å². The first-order chi connectivity index (χ1) is 5.79. The van der Waals surface area contributed by atoms with E-state index in [1.807, 2.05) is 12.1 Å². The van der Waals surface area contributed by atoms with Crippen molar-refractivity contribution in [2.24, 2.45) is 0 Å². The maximum absolute atomic E-state index is 4.20. The molecule has 60 valence electrons. The third-order valence-corrected chi connectivity index (χ3v) is 2.81. The molecule has 4 heteroatoms. The van der Waals surface area contributed by atoms with E-state index < -0.39 is 0 Å². The molecule has 0 bridgehead atoms. The lowest BCUT2D eigenvalue weighted by Gasteiger charge is -1.99. The monoisotopic (exact) mass is 286 g/mol. The van der Waals surface area contributed by atoms with Gasteiger partial charge in [-0.25, -0.2) is 0 Å². The fraction of sp³-hybridized carbons (Fsp3) is 0. The SMILES string of the molecule is Brc1ccc(Br)c2nccnc12. The molecule has 0 spiro atoms. The molecule has 0 saturated heterocycles. The number of rotatable bonds is 0. The van der Waals surface area contributed by atoms with Crippen LogP contribution in [-0.4, -0.2) is 9.97 Å². The zero-order chi connectivity index (χ0) is 8.55. The third-order valence-electron chi connectivity index (χ3n) is 1.53. The first-order valence-electron chi connectivity index (χ1n) is 3.34. The van der Waals surface area contributed by atoms with Crippen molar-refractivity contribution in [3.63, 3.8) is 0 Å². The molecule has 0 saturated carbocycles. The van der Waals surface area contributed by atoms with Crippen LogP contribution in [0.2, 0.25) is 0 Å². The summed E-state index contributed by atoms with van der Waals surface area (Å²) in [6.07, 6.45) is 3.36. The van der Waals surface area contributed by atoms with E-state index in [4.69, 9.17) is 0 Å². The van der Waals surface area contributed by atoms with Gasteiger partial charge >= 0.3 is 0 Å². The number of hydrogen-bond donors (Lipinski definition) is 0. The van der Waals surface area contributed by atoms with Crippen molar-refractivity contribution in [1.82, 2.24) is 9.97 Å². The molecule has 1 aromatic carbocycles. The van der Waals surface area contributed by atoms with Crippen LogP contribution in [0.1, 0.15) is 0 Å². The van der Waals surface area contributed by atoms with Crippen molar-refractivity contribution in [3.8, 4) is 0 Å². The fourth-order valence-corrected chi connectivity index (χ4v) is 1.84. The normalized spacial score (nSPS) is 10.5. The molecule has 0 aliphatic heterocycles. The molecule has 0 amide bonds. The van der Waals surface area contributed by atoms with Crippen molar-refractivity contribution in [3.05, 3.63) is 33.5 Å². The van der Waals surface area contributed by atoms with Gasteiger partial charge in [-0.15, -0.1) is 0 Å². The lowest BCUT2D eigenvalue weighted by molar-refractivity contribution is 1.28. The van der Waals surface area contributed by atoms with Gasteiger partial charge in [0.05, 0.1) is 0 Å². The summed E-state index contributed by atoms with van der Waals surface area (Å²) in [5.74, 6) is 0. The van der Waals surface area contributed by atoms with E-state index in [9.17, 15) is 0 Å². The summed E-state index contributed by atoms with van der Waals surface area (Å²) in [5.41, 5.74) is 1.76. The molecule has 0 unspecified atom stereocenters. The Hall–Kier alpha value is -0.480. The highest BCUT2D eigenvalue weighted by atomic mass is 79.9. The average molecular weight is 288 g/mol. The van der Waals surface area contributed by atoms with Crippen LogP contribution in [0.4, 0.5) is 0 Å². The van der Waals surface area contributed by atoms with Gasteiger partial charge in [-0.1, -0.05) is 0 Å². The molecule has 12 heavy (non-hydrogen) atoms. The summed E-state index contributed by atoms with van der Waals surface area (Å²) >= 11 is 6.82. The summed E-state index contributed by atoms with van der Waals surface area (Å²) < 4.78 is 1.93. The Morgan fingerprint density at radius 3 is 1.67 bits per heavy atom. The van der Waals surface area contributed by atoms with Crippen LogP contribution < -0.4 is 0 Å². The van der Waals surface area contributed by atoms with Crippen molar-refractivity contribution in [1.29, 1.82) is 0 Å². The van der Waals surface area contributed by atoms with Gasteiger partial charge in [0.1, 0.15) is 11.0 Å². The lowest BCUT2D eigenvalue weighted by atomic mass is 10.3. The largest absolute Gasteiger partial charge is 0.252 e. The average Bonchev–Trinajstić information content (AvgIpc) is 2.12. The van der Waals surface area contributed by atoms with Crippen molar-refractivity contribution in [2.75, 3.05) is 0 Å². The zero-order valence-corrected chi connectivity index (χ0v) is 9.13. The molecule has 2 aromatic rings. The van der Waals surface area contributed by atoms with E-state index in [2.05, 4.69) is 41.8 Å². The molecule has 0 fully saturated rings.